The Labute approximate surface area is 191 Å². The maximum absolute atomic E-state index is 12.7. The van der Waals surface area contributed by atoms with Crippen LogP contribution in [0.4, 0.5) is 0 Å². The zero-order chi connectivity index (χ0) is 22.2. The molecule has 0 spiro atoms. The molecular formula is C25H15BrO6. The van der Waals surface area contributed by atoms with E-state index in [0.29, 0.717) is 22.6 Å². The van der Waals surface area contributed by atoms with Crippen molar-refractivity contribution < 1.29 is 28.2 Å². The molecule has 1 aliphatic heterocycles. The van der Waals surface area contributed by atoms with Gasteiger partial charge in [-0.1, -0.05) is 28.1 Å². The highest BCUT2D eigenvalue weighted by Crippen LogP contribution is 2.35. The van der Waals surface area contributed by atoms with Crippen LogP contribution in [0.3, 0.4) is 0 Å². The van der Waals surface area contributed by atoms with E-state index in [4.69, 9.17) is 18.6 Å². The third-order valence-corrected chi connectivity index (χ3v) is 5.42. The van der Waals surface area contributed by atoms with Gasteiger partial charge in [0.15, 0.2) is 5.76 Å². The molecule has 0 radical (unpaired) electrons. The van der Waals surface area contributed by atoms with Gasteiger partial charge in [0.05, 0.1) is 12.7 Å². The number of hydrogen-bond acceptors (Lipinski definition) is 6. The molecule has 5 rings (SSSR count). The monoisotopic (exact) mass is 490 g/mol. The Balaban J connectivity index is 1.37. The molecule has 1 aliphatic rings. The van der Waals surface area contributed by atoms with Gasteiger partial charge >= 0.3 is 5.97 Å². The fraction of sp³-hybridized carbons (Fsp3) is 0.0400. The first-order chi connectivity index (χ1) is 15.5. The number of furan rings is 1. The van der Waals surface area contributed by atoms with E-state index in [9.17, 15) is 9.59 Å². The third-order valence-electron chi connectivity index (χ3n) is 4.92. The molecule has 158 valence electrons. The number of Topliss-reactive ketones (excluding diaryl/α,β-unsaturated/α-hetero) is 1. The molecule has 6 nitrogen and oxygen atoms in total. The molecule has 0 unspecified atom stereocenters. The molecule has 4 aromatic rings. The molecule has 0 fully saturated rings. The molecule has 0 amide bonds. The average molecular weight is 491 g/mol. The Morgan fingerprint density at radius 1 is 1.00 bits per heavy atom. The summed E-state index contributed by atoms with van der Waals surface area (Å²) in [5.74, 6) is 0.606. The number of hydrogen-bond donors (Lipinski definition) is 0. The molecule has 1 aromatic heterocycles. The lowest BCUT2D eigenvalue weighted by atomic mass is 10.1. The summed E-state index contributed by atoms with van der Waals surface area (Å²) in [6.07, 6.45) is 1.64. The van der Waals surface area contributed by atoms with E-state index < -0.39 is 5.97 Å². The number of carbonyl (C=O) groups excluding carboxylic acids is 2. The van der Waals surface area contributed by atoms with Crippen molar-refractivity contribution in [2.75, 3.05) is 7.11 Å². The summed E-state index contributed by atoms with van der Waals surface area (Å²) in [5, 5.41) is 0.779. The number of esters is 1. The smallest absolute Gasteiger partial charge is 0.379 e. The van der Waals surface area contributed by atoms with Gasteiger partial charge in [0, 0.05) is 15.9 Å². The summed E-state index contributed by atoms with van der Waals surface area (Å²) in [6.45, 7) is 0. The number of carbonyl (C=O) groups is 2. The van der Waals surface area contributed by atoms with Crippen LogP contribution < -0.4 is 14.2 Å². The Bertz CT molecular complexity index is 1420. The van der Waals surface area contributed by atoms with Crippen LogP contribution in [0.25, 0.3) is 17.0 Å². The molecule has 0 saturated heterocycles. The van der Waals surface area contributed by atoms with Gasteiger partial charge in [0.1, 0.15) is 22.8 Å². The topological polar surface area (TPSA) is 75.0 Å². The van der Waals surface area contributed by atoms with Gasteiger partial charge in [-0.15, -0.1) is 0 Å². The van der Waals surface area contributed by atoms with Crippen molar-refractivity contribution in [3.63, 3.8) is 0 Å². The largest absolute Gasteiger partial charge is 0.497 e. The zero-order valence-electron chi connectivity index (χ0n) is 16.8. The Morgan fingerprint density at radius 3 is 2.72 bits per heavy atom. The molecule has 0 saturated carbocycles. The first kappa shape index (κ1) is 20.1. The van der Waals surface area contributed by atoms with Crippen LogP contribution >= 0.6 is 15.9 Å². The van der Waals surface area contributed by atoms with Gasteiger partial charge in [0.25, 0.3) is 0 Å². The minimum Gasteiger partial charge on any atom is -0.497 e. The predicted octanol–water partition coefficient (Wildman–Crippen LogP) is 6.04. The molecule has 3 aromatic carbocycles. The molecule has 0 atom stereocenters. The Kier molecular flexibility index (Phi) is 5.03. The van der Waals surface area contributed by atoms with Crippen molar-refractivity contribution in [2.45, 2.75) is 0 Å². The number of allylic oxidation sites excluding steroid dienone is 1. The minimum atomic E-state index is -0.645. The lowest BCUT2D eigenvalue weighted by molar-refractivity contribution is 0.0703. The van der Waals surface area contributed by atoms with Crippen molar-refractivity contribution in [1.29, 1.82) is 0 Å². The van der Waals surface area contributed by atoms with Crippen molar-refractivity contribution in [3.8, 4) is 17.2 Å². The maximum Gasteiger partial charge on any atom is 0.379 e. The quantitative estimate of drug-likeness (QED) is 0.197. The molecule has 2 heterocycles. The summed E-state index contributed by atoms with van der Waals surface area (Å²) in [4.78, 5) is 25.2. The van der Waals surface area contributed by atoms with Crippen LogP contribution in [0.5, 0.6) is 17.2 Å². The summed E-state index contributed by atoms with van der Waals surface area (Å²) in [7, 11) is 1.58. The summed E-state index contributed by atoms with van der Waals surface area (Å²) in [6, 6.07) is 19.0. The second-order valence-electron chi connectivity index (χ2n) is 7.06. The van der Waals surface area contributed by atoms with E-state index in [2.05, 4.69) is 15.9 Å². The van der Waals surface area contributed by atoms with Crippen molar-refractivity contribution in [3.05, 3.63) is 93.8 Å². The third kappa shape index (κ3) is 3.78. The van der Waals surface area contributed by atoms with Crippen LogP contribution in [0, 0.1) is 0 Å². The summed E-state index contributed by atoms with van der Waals surface area (Å²) in [5.41, 5.74) is 1.74. The van der Waals surface area contributed by atoms with Crippen molar-refractivity contribution in [2.24, 2.45) is 0 Å². The Hall–Kier alpha value is -3.84. The zero-order valence-corrected chi connectivity index (χ0v) is 18.3. The number of rotatable bonds is 4. The lowest BCUT2D eigenvalue weighted by Gasteiger charge is -2.04. The van der Waals surface area contributed by atoms with Gasteiger partial charge in [-0.2, -0.15) is 0 Å². The lowest BCUT2D eigenvalue weighted by Crippen LogP contribution is -2.07. The number of methoxy groups -OCH3 is 1. The molecule has 0 N–H and O–H groups in total. The number of benzene rings is 3. The van der Waals surface area contributed by atoms with Crippen LogP contribution in [0.1, 0.15) is 26.5 Å². The van der Waals surface area contributed by atoms with Gasteiger partial charge < -0.3 is 18.6 Å². The van der Waals surface area contributed by atoms with Gasteiger partial charge in [-0.3, -0.25) is 4.79 Å². The second kappa shape index (κ2) is 8.01. The van der Waals surface area contributed by atoms with Crippen molar-refractivity contribution in [1.82, 2.24) is 0 Å². The fourth-order valence-electron chi connectivity index (χ4n) is 3.39. The van der Waals surface area contributed by atoms with E-state index in [1.54, 1.807) is 43.5 Å². The number of halogens is 1. The molecule has 0 bridgehead atoms. The molecule has 0 aliphatic carbocycles. The van der Waals surface area contributed by atoms with E-state index in [1.807, 2.05) is 30.3 Å². The van der Waals surface area contributed by atoms with E-state index in [0.717, 1.165) is 15.4 Å². The fourth-order valence-corrected chi connectivity index (χ4v) is 3.76. The molecule has 32 heavy (non-hydrogen) atoms. The minimum absolute atomic E-state index is 0.0780. The normalized spacial score (nSPS) is 13.8. The Morgan fingerprint density at radius 2 is 1.88 bits per heavy atom. The standard InChI is InChI=1S/C25H15BrO6/c1-29-17-4-2-3-14(9-17)10-22-24(27)19-7-6-18(13-21(19)32-22)30-25(28)23-12-15-11-16(26)5-8-20(15)31-23/h2-13H,1H3/b22-10-. The van der Waals surface area contributed by atoms with Crippen LogP contribution in [0.15, 0.2) is 81.4 Å². The first-order valence-electron chi connectivity index (χ1n) is 9.64. The van der Waals surface area contributed by atoms with Crippen LogP contribution in [-0.4, -0.2) is 18.9 Å². The van der Waals surface area contributed by atoms with Gasteiger partial charge in [-0.25, -0.2) is 4.79 Å². The van der Waals surface area contributed by atoms with E-state index in [-0.39, 0.29) is 23.1 Å². The maximum atomic E-state index is 12.7. The summed E-state index contributed by atoms with van der Waals surface area (Å²) >= 11 is 3.39. The highest BCUT2D eigenvalue weighted by atomic mass is 79.9. The van der Waals surface area contributed by atoms with Crippen molar-refractivity contribution >= 4 is 44.7 Å². The number of fused-ring (bicyclic) bond motifs is 2. The highest BCUT2D eigenvalue weighted by molar-refractivity contribution is 9.10. The van der Waals surface area contributed by atoms with Crippen LogP contribution in [-0.2, 0) is 0 Å². The number of ether oxygens (including phenoxy) is 3. The second-order valence-corrected chi connectivity index (χ2v) is 7.97. The highest BCUT2D eigenvalue weighted by Gasteiger charge is 2.28. The van der Waals surface area contributed by atoms with Gasteiger partial charge in [-0.05, 0) is 60.2 Å². The van der Waals surface area contributed by atoms with Crippen LogP contribution in [0.2, 0.25) is 0 Å². The van der Waals surface area contributed by atoms with E-state index >= 15 is 0 Å². The number of ketones is 1. The first-order valence-corrected chi connectivity index (χ1v) is 10.4. The molecule has 7 heteroatoms. The van der Waals surface area contributed by atoms with E-state index in [1.165, 1.54) is 6.07 Å². The van der Waals surface area contributed by atoms with Gasteiger partial charge in [0.2, 0.25) is 11.5 Å². The average Bonchev–Trinajstić information content (AvgIpc) is 3.34. The SMILES string of the molecule is COc1cccc(/C=C2\Oc3cc(OC(=O)c4cc5cc(Br)ccc5o4)ccc3C2=O)c1. The predicted molar refractivity (Wildman–Crippen MR) is 121 cm³/mol. The summed E-state index contributed by atoms with van der Waals surface area (Å²) < 4.78 is 22.8. The molecular weight excluding hydrogens is 476 g/mol.